The van der Waals surface area contributed by atoms with Crippen molar-refractivity contribution in [3.63, 3.8) is 0 Å². The molecule has 0 aromatic heterocycles. The van der Waals surface area contributed by atoms with Gasteiger partial charge in [0.05, 0.1) is 0 Å². The van der Waals surface area contributed by atoms with Crippen molar-refractivity contribution >= 4 is 28.2 Å². The van der Waals surface area contributed by atoms with E-state index in [0.29, 0.717) is 23.5 Å². The number of halogens is 1. The van der Waals surface area contributed by atoms with Crippen molar-refractivity contribution in [3.05, 3.63) is 47.0 Å². The van der Waals surface area contributed by atoms with Crippen LogP contribution in [0.15, 0.2) is 36.4 Å². The summed E-state index contributed by atoms with van der Waals surface area (Å²) in [6.07, 6.45) is 3.79. The molecule has 2 unspecified atom stereocenters. The molecule has 2 aromatic rings. The zero-order valence-corrected chi connectivity index (χ0v) is 11.4. The van der Waals surface area contributed by atoms with Crippen molar-refractivity contribution in [1.82, 2.24) is 0 Å². The third-order valence-electron chi connectivity index (χ3n) is 4.85. The average Bonchev–Trinajstić information content (AvgIpc) is 2.92. The maximum atomic E-state index is 12.7. The molecule has 19 heavy (non-hydrogen) atoms. The van der Waals surface area contributed by atoms with Crippen molar-refractivity contribution in [1.29, 1.82) is 0 Å². The molecular weight excluding hydrogens is 256 g/mol. The van der Waals surface area contributed by atoms with E-state index >= 15 is 0 Å². The highest BCUT2D eigenvalue weighted by molar-refractivity contribution is 6.36. The van der Waals surface area contributed by atoms with Crippen LogP contribution in [0.1, 0.15) is 29.6 Å². The summed E-state index contributed by atoms with van der Waals surface area (Å²) < 4.78 is 0. The molecule has 2 atom stereocenters. The van der Waals surface area contributed by atoms with Crippen LogP contribution in [0.3, 0.4) is 0 Å². The molecule has 0 heterocycles. The van der Waals surface area contributed by atoms with Gasteiger partial charge in [-0.3, -0.25) is 4.79 Å². The monoisotopic (exact) mass is 270 g/mol. The molecule has 96 valence electrons. The van der Waals surface area contributed by atoms with E-state index in [1.54, 1.807) is 0 Å². The van der Waals surface area contributed by atoms with Crippen LogP contribution in [0.2, 0.25) is 5.02 Å². The summed E-state index contributed by atoms with van der Waals surface area (Å²) in [4.78, 5) is 12.7. The summed E-state index contributed by atoms with van der Waals surface area (Å²) in [7, 11) is 0. The largest absolute Gasteiger partial charge is 0.294 e. The second-order valence-corrected chi connectivity index (χ2v) is 6.20. The van der Waals surface area contributed by atoms with Gasteiger partial charge in [-0.25, -0.2) is 0 Å². The molecule has 0 spiro atoms. The van der Waals surface area contributed by atoms with Gasteiger partial charge in [0.25, 0.3) is 0 Å². The molecule has 2 saturated carbocycles. The van der Waals surface area contributed by atoms with Crippen LogP contribution in [-0.2, 0) is 0 Å². The summed E-state index contributed by atoms with van der Waals surface area (Å²) >= 11 is 6.21. The van der Waals surface area contributed by atoms with Crippen LogP contribution in [0.4, 0.5) is 0 Å². The van der Waals surface area contributed by atoms with E-state index in [4.69, 9.17) is 11.6 Å². The Hall–Kier alpha value is -1.34. The Morgan fingerprint density at radius 3 is 2.42 bits per heavy atom. The first-order valence-electron chi connectivity index (χ1n) is 6.99. The minimum atomic E-state index is 0.290. The van der Waals surface area contributed by atoms with Crippen molar-refractivity contribution in [3.8, 4) is 0 Å². The van der Waals surface area contributed by atoms with Crippen molar-refractivity contribution in [2.24, 2.45) is 17.8 Å². The summed E-state index contributed by atoms with van der Waals surface area (Å²) in [6.45, 7) is 0. The van der Waals surface area contributed by atoms with E-state index in [9.17, 15) is 4.79 Å². The van der Waals surface area contributed by atoms with Crippen LogP contribution in [-0.4, -0.2) is 5.78 Å². The third kappa shape index (κ3) is 1.64. The highest BCUT2D eigenvalue weighted by Gasteiger charge is 2.56. The van der Waals surface area contributed by atoms with E-state index in [2.05, 4.69) is 0 Å². The van der Waals surface area contributed by atoms with E-state index in [1.165, 1.54) is 19.3 Å². The first kappa shape index (κ1) is 11.5. The number of ketones is 1. The van der Waals surface area contributed by atoms with E-state index < -0.39 is 0 Å². The number of rotatable bonds is 2. The van der Waals surface area contributed by atoms with E-state index in [0.717, 1.165) is 21.4 Å². The fourth-order valence-electron chi connectivity index (χ4n) is 3.87. The molecule has 1 nitrogen and oxygen atoms in total. The predicted octanol–water partition coefficient (Wildman–Crippen LogP) is 4.72. The van der Waals surface area contributed by atoms with Crippen LogP contribution in [0, 0.1) is 17.8 Å². The van der Waals surface area contributed by atoms with Crippen molar-refractivity contribution in [2.75, 3.05) is 0 Å². The van der Waals surface area contributed by atoms with Gasteiger partial charge in [-0.05, 0) is 42.2 Å². The Morgan fingerprint density at radius 1 is 1.00 bits per heavy atom. The number of fused-ring (bicyclic) bond motifs is 2. The Kier molecular flexibility index (Phi) is 2.46. The van der Waals surface area contributed by atoms with Gasteiger partial charge >= 0.3 is 0 Å². The lowest BCUT2D eigenvalue weighted by Crippen LogP contribution is -2.07. The van der Waals surface area contributed by atoms with Crippen molar-refractivity contribution in [2.45, 2.75) is 19.3 Å². The molecule has 4 rings (SSSR count). The standard InChI is InChI=1S/C17H15ClO/c18-15-9-8-14(10-4-1-2-5-11(10)15)17(19)16-12-6-3-7-13(12)16/h1-2,4-5,8-9,12-13,16H,3,6-7H2. The lowest BCUT2D eigenvalue weighted by Gasteiger charge is -2.08. The fourth-order valence-corrected chi connectivity index (χ4v) is 4.09. The zero-order valence-electron chi connectivity index (χ0n) is 10.6. The zero-order chi connectivity index (χ0) is 13.0. The van der Waals surface area contributed by atoms with Gasteiger partial charge in [0, 0.05) is 21.9 Å². The lowest BCUT2D eigenvalue weighted by atomic mass is 9.96. The summed E-state index contributed by atoms with van der Waals surface area (Å²) in [5.74, 6) is 1.96. The van der Waals surface area contributed by atoms with Gasteiger partial charge in [0.15, 0.2) is 5.78 Å². The fraction of sp³-hybridized carbons (Fsp3) is 0.353. The molecule has 2 fully saturated rings. The number of carbonyl (C=O) groups is 1. The number of Topliss-reactive ketones (excluding diaryl/α,β-unsaturated/α-hetero) is 1. The van der Waals surface area contributed by atoms with Gasteiger partial charge in [0.2, 0.25) is 0 Å². The molecule has 0 amide bonds. The SMILES string of the molecule is O=C(c1ccc(Cl)c2ccccc12)C1C2CCCC21. The molecule has 0 N–H and O–H groups in total. The van der Waals surface area contributed by atoms with Crippen LogP contribution in [0.5, 0.6) is 0 Å². The number of benzene rings is 2. The van der Waals surface area contributed by atoms with Crippen LogP contribution in [0.25, 0.3) is 10.8 Å². The predicted molar refractivity (Wildman–Crippen MR) is 77.6 cm³/mol. The van der Waals surface area contributed by atoms with E-state index in [1.807, 2.05) is 36.4 Å². The lowest BCUT2D eigenvalue weighted by molar-refractivity contribution is 0.0953. The summed E-state index contributed by atoms with van der Waals surface area (Å²) in [5, 5.41) is 2.72. The Morgan fingerprint density at radius 2 is 1.68 bits per heavy atom. The minimum absolute atomic E-state index is 0.290. The quantitative estimate of drug-likeness (QED) is 0.722. The van der Waals surface area contributed by atoms with Crippen LogP contribution >= 0.6 is 11.6 Å². The highest BCUT2D eigenvalue weighted by atomic mass is 35.5. The van der Waals surface area contributed by atoms with Gasteiger partial charge in [0.1, 0.15) is 0 Å². The third-order valence-corrected chi connectivity index (χ3v) is 5.18. The molecule has 0 bridgehead atoms. The van der Waals surface area contributed by atoms with Gasteiger partial charge in [-0.2, -0.15) is 0 Å². The Bertz CT molecular complexity index is 666. The number of hydrogen-bond donors (Lipinski definition) is 0. The summed E-state index contributed by atoms with van der Waals surface area (Å²) in [5.41, 5.74) is 0.861. The van der Waals surface area contributed by atoms with Gasteiger partial charge < -0.3 is 0 Å². The second-order valence-electron chi connectivity index (χ2n) is 5.79. The molecule has 2 heteroatoms. The topological polar surface area (TPSA) is 17.1 Å². The average molecular weight is 271 g/mol. The highest BCUT2D eigenvalue weighted by Crippen LogP contribution is 2.58. The maximum absolute atomic E-state index is 12.7. The molecular formula is C17H15ClO. The maximum Gasteiger partial charge on any atom is 0.167 e. The second kappa shape index (κ2) is 4.08. The van der Waals surface area contributed by atoms with Crippen LogP contribution < -0.4 is 0 Å². The molecule has 0 radical (unpaired) electrons. The Balaban J connectivity index is 1.79. The summed E-state index contributed by atoms with van der Waals surface area (Å²) in [6, 6.07) is 11.7. The first-order chi connectivity index (χ1) is 9.27. The van der Waals surface area contributed by atoms with E-state index in [-0.39, 0.29) is 0 Å². The molecule has 0 saturated heterocycles. The Labute approximate surface area is 117 Å². The van der Waals surface area contributed by atoms with Crippen molar-refractivity contribution < 1.29 is 4.79 Å². The molecule has 0 aliphatic heterocycles. The molecule has 2 aliphatic carbocycles. The number of hydrogen-bond acceptors (Lipinski definition) is 1. The normalized spacial score (nSPS) is 28.4. The molecule has 2 aliphatic rings. The smallest absolute Gasteiger partial charge is 0.167 e. The van der Waals surface area contributed by atoms with Gasteiger partial charge in [-0.1, -0.05) is 42.3 Å². The number of carbonyl (C=O) groups excluding carboxylic acids is 1. The van der Waals surface area contributed by atoms with Gasteiger partial charge in [-0.15, -0.1) is 0 Å². The first-order valence-corrected chi connectivity index (χ1v) is 7.36. The minimum Gasteiger partial charge on any atom is -0.294 e. The molecule has 2 aromatic carbocycles.